The van der Waals surface area contributed by atoms with Crippen molar-refractivity contribution in [3.63, 3.8) is 0 Å². The van der Waals surface area contributed by atoms with Crippen LogP contribution in [0.3, 0.4) is 0 Å². The van der Waals surface area contributed by atoms with Crippen LogP contribution in [-0.4, -0.2) is 15.7 Å². The number of hydrogen-bond donors (Lipinski definition) is 1. The highest BCUT2D eigenvalue weighted by Crippen LogP contribution is 2.34. The van der Waals surface area contributed by atoms with E-state index in [0.29, 0.717) is 0 Å². The predicted octanol–water partition coefficient (Wildman–Crippen LogP) is 3.29. The zero-order valence-electron chi connectivity index (χ0n) is 10.4. The van der Waals surface area contributed by atoms with E-state index in [1.165, 1.54) is 0 Å². The molecule has 1 aromatic heterocycles. The van der Waals surface area contributed by atoms with E-state index in [0.717, 1.165) is 42.8 Å². The van der Waals surface area contributed by atoms with Gasteiger partial charge in [-0.15, -0.1) is 11.3 Å². The van der Waals surface area contributed by atoms with Crippen molar-refractivity contribution in [3.8, 4) is 0 Å². The van der Waals surface area contributed by atoms with Gasteiger partial charge < -0.3 is 5.11 Å². The molecule has 1 aliphatic carbocycles. The molecule has 0 radical (unpaired) electrons. The highest BCUT2D eigenvalue weighted by molar-refractivity contribution is 7.09. The Balaban J connectivity index is 2.08. The lowest BCUT2D eigenvalue weighted by Gasteiger charge is -2.20. The maximum Gasteiger partial charge on any atom is 0.0957 e. The van der Waals surface area contributed by atoms with Gasteiger partial charge >= 0.3 is 0 Å². The minimum atomic E-state index is -0.465. The Labute approximate surface area is 102 Å². The molecule has 1 fully saturated rings. The van der Waals surface area contributed by atoms with E-state index in [9.17, 15) is 5.11 Å². The quantitative estimate of drug-likeness (QED) is 0.859. The minimum absolute atomic E-state index is 0.118. The molecule has 1 N–H and O–H groups in total. The van der Waals surface area contributed by atoms with Gasteiger partial charge in [0.05, 0.1) is 16.3 Å². The monoisotopic (exact) mass is 239 g/mol. The summed E-state index contributed by atoms with van der Waals surface area (Å²) in [7, 11) is 0. The molecule has 16 heavy (non-hydrogen) atoms. The summed E-state index contributed by atoms with van der Waals surface area (Å²) in [5.74, 6) is 0. The van der Waals surface area contributed by atoms with E-state index >= 15 is 0 Å². The summed E-state index contributed by atoms with van der Waals surface area (Å²) in [6.07, 6.45) is 4.95. The van der Waals surface area contributed by atoms with Gasteiger partial charge in [0.1, 0.15) is 0 Å². The van der Waals surface area contributed by atoms with Crippen LogP contribution in [0.25, 0.3) is 0 Å². The minimum Gasteiger partial charge on any atom is -0.389 e. The lowest BCUT2D eigenvalue weighted by molar-refractivity contribution is 0.0481. The largest absolute Gasteiger partial charge is 0.389 e. The number of aliphatic hydroxyl groups is 1. The fourth-order valence-electron chi connectivity index (χ4n) is 2.23. The van der Waals surface area contributed by atoms with Crippen LogP contribution >= 0.6 is 11.3 Å². The second-order valence-corrected chi connectivity index (χ2v) is 6.93. The van der Waals surface area contributed by atoms with Crippen LogP contribution in [0.15, 0.2) is 5.38 Å². The Bertz CT molecular complexity index is 358. The first-order valence-electron chi connectivity index (χ1n) is 6.06. The van der Waals surface area contributed by atoms with Crippen LogP contribution in [0.5, 0.6) is 0 Å². The number of nitrogens with zero attached hydrogens (tertiary/aromatic N) is 1. The molecule has 2 nitrogen and oxygen atoms in total. The summed E-state index contributed by atoms with van der Waals surface area (Å²) in [5.41, 5.74) is 0.800. The average molecular weight is 239 g/mol. The summed E-state index contributed by atoms with van der Waals surface area (Å²) < 4.78 is 0. The van der Waals surface area contributed by atoms with Crippen molar-refractivity contribution in [1.29, 1.82) is 0 Å². The van der Waals surface area contributed by atoms with Crippen molar-refractivity contribution >= 4 is 11.3 Å². The average Bonchev–Trinajstić information content (AvgIpc) is 2.74. The third-order valence-electron chi connectivity index (χ3n) is 3.33. The van der Waals surface area contributed by atoms with Crippen molar-refractivity contribution in [2.24, 2.45) is 0 Å². The highest BCUT2D eigenvalue weighted by atomic mass is 32.1. The second-order valence-electron chi connectivity index (χ2n) is 5.98. The standard InChI is InChI=1S/C13H21NOS/c1-12(2,3)10-9-16-11(14-10)8-13(15)6-4-5-7-13/h9,15H,4-8H2,1-3H3. The third kappa shape index (κ3) is 2.64. The Hall–Kier alpha value is -0.410. The normalized spacial score (nSPS) is 20.2. The van der Waals surface area contributed by atoms with Gasteiger partial charge in [0.25, 0.3) is 0 Å². The van der Waals surface area contributed by atoms with E-state index in [4.69, 9.17) is 0 Å². The molecule has 90 valence electrons. The highest BCUT2D eigenvalue weighted by Gasteiger charge is 2.32. The molecular formula is C13H21NOS. The van der Waals surface area contributed by atoms with E-state index in [1.54, 1.807) is 11.3 Å². The molecule has 0 amide bonds. The first-order chi connectivity index (χ1) is 7.39. The van der Waals surface area contributed by atoms with Crippen LogP contribution in [-0.2, 0) is 11.8 Å². The predicted molar refractivity (Wildman–Crippen MR) is 67.9 cm³/mol. The van der Waals surface area contributed by atoms with Gasteiger partial charge in [-0.25, -0.2) is 4.98 Å². The van der Waals surface area contributed by atoms with Gasteiger partial charge in [0.2, 0.25) is 0 Å². The zero-order chi connectivity index (χ0) is 11.8. The van der Waals surface area contributed by atoms with Crippen molar-refractivity contribution in [2.75, 3.05) is 0 Å². The molecule has 1 aliphatic rings. The Morgan fingerprint density at radius 3 is 2.50 bits per heavy atom. The Morgan fingerprint density at radius 1 is 1.38 bits per heavy atom. The van der Waals surface area contributed by atoms with Crippen molar-refractivity contribution < 1.29 is 5.11 Å². The summed E-state index contributed by atoms with van der Waals surface area (Å²) >= 11 is 1.69. The summed E-state index contributed by atoms with van der Waals surface area (Å²) in [6, 6.07) is 0. The van der Waals surface area contributed by atoms with Crippen molar-refractivity contribution in [2.45, 2.75) is 63.9 Å². The van der Waals surface area contributed by atoms with Gasteiger partial charge in [-0.05, 0) is 12.8 Å². The van der Waals surface area contributed by atoms with Crippen LogP contribution < -0.4 is 0 Å². The van der Waals surface area contributed by atoms with Crippen LogP contribution in [0.2, 0.25) is 0 Å². The lowest BCUT2D eigenvalue weighted by Crippen LogP contribution is -2.27. The van der Waals surface area contributed by atoms with Gasteiger partial charge in [-0.2, -0.15) is 0 Å². The smallest absolute Gasteiger partial charge is 0.0957 e. The number of rotatable bonds is 2. The van der Waals surface area contributed by atoms with E-state index < -0.39 is 5.60 Å². The molecule has 0 spiro atoms. The number of thiazole rings is 1. The molecule has 0 saturated heterocycles. The third-order valence-corrected chi connectivity index (χ3v) is 4.18. The van der Waals surface area contributed by atoms with E-state index in [1.807, 2.05) is 0 Å². The zero-order valence-corrected chi connectivity index (χ0v) is 11.2. The first-order valence-corrected chi connectivity index (χ1v) is 6.94. The molecule has 0 unspecified atom stereocenters. The van der Waals surface area contributed by atoms with Gasteiger partial charge in [0.15, 0.2) is 0 Å². The molecule has 1 heterocycles. The van der Waals surface area contributed by atoms with Crippen LogP contribution in [0.4, 0.5) is 0 Å². The topological polar surface area (TPSA) is 33.1 Å². The molecular weight excluding hydrogens is 218 g/mol. The van der Waals surface area contributed by atoms with E-state index in [-0.39, 0.29) is 5.41 Å². The van der Waals surface area contributed by atoms with Crippen LogP contribution in [0, 0.1) is 0 Å². The molecule has 1 saturated carbocycles. The molecule has 0 aromatic carbocycles. The van der Waals surface area contributed by atoms with Gasteiger partial charge in [0, 0.05) is 17.2 Å². The second kappa shape index (κ2) is 4.11. The fourth-order valence-corrected chi connectivity index (χ4v) is 3.38. The van der Waals surface area contributed by atoms with Gasteiger partial charge in [-0.3, -0.25) is 0 Å². The fraction of sp³-hybridized carbons (Fsp3) is 0.769. The maximum absolute atomic E-state index is 10.3. The summed E-state index contributed by atoms with van der Waals surface area (Å²) in [6.45, 7) is 6.53. The summed E-state index contributed by atoms with van der Waals surface area (Å²) in [4.78, 5) is 4.65. The number of aromatic nitrogens is 1. The number of hydrogen-bond acceptors (Lipinski definition) is 3. The Kier molecular flexibility index (Phi) is 3.10. The summed E-state index contributed by atoms with van der Waals surface area (Å²) in [5, 5.41) is 13.5. The molecule has 0 bridgehead atoms. The molecule has 2 rings (SSSR count). The molecule has 3 heteroatoms. The molecule has 0 atom stereocenters. The lowest BCUT2D eigenvalue weighted by atomic mass is 9.93. The van der Waals surface area contributed by atoms with E-state index in [2.05, 4.69) is 31.1 Å². The van der Waals surface area contributed by atoms with Gasteiger partial charge in [-0.1, -0.05) is 33.6 Å². The molecule has 0 aliphatic heterocycles. The van der Waals surface area contributed by atoms with Crippen molar-refractivity contribution in [1.82, 2.24) is 4.98 Å². The maximum atomic E-state index is 10.3. The SMILES string of the molecule is CC(C)(C)c1csc(CC2(O)CCCC2)n1. The Morgan fingerprint density at radius 2 is 2.00 bits per heavy atom. The van der Waals surface area contributed by atoms with Crippen molar-refractivity contribution in [3.05, 3.63) is 16.1 Å². The van der Waals surface area contributed by atoms with Crippen LogP contribution in [0.1, 0.15) is 57.2 Å². The first kappa shape index (κ1) is 12.1. The molecule has 1 aromatic rings.